The van der Waals surface area contributed by atoms with Crippen LogP contribution in [0.3, 0.4) is 0 Å². The Morgan fingerprint density at radius 1 is 1.35 bits per heavy atom. The van der Waals surface area contributed by atoms with E-state index in [1.165, 1.54) is 18.6 Å². The smallest absolute Gasteiger partial charge is 0.270 e. The van der Waals surface area contributed by atoms with E-state index in [1.807, 2.05) is 11.8 Å². The van der Waals surface area contributed by atoms with Crippen LogP contribution in [0.25, 0.3) is 0 Å². The Kier molecular flexibility index (Phi) is 4.71. The quantitative estimate of drug-likeness (QED) is 0.625. The summed E-state index contributed by atoms with van der Waals surface area (Å²) in [5.74, 6) is -0.0944. The second kappa shape index (κ2) is 6.50. The van der Waals surface area contributed by atoms with E-state index in [0.29, 0.717) is 12.1 Å². The second-order valence-electron chi connectivity index (χ2n) is 5.19. The van der Waals surface area contributed by atoms with E-state index in [0.717, 1.165) is 25.7 Å². The number of hydrogen-bond donors (Lipinski definition) is 0. The Morgan fingerprint density at radius 2 is 2.05 bits per heavy atom. The average molecular weight is 276 g/mol. The van der Waals surface area contributed by atoms with E-state index >= 15 is 0 Å². The lowest BCUT2D eigenvalue weighted by molar-refractivity contribution is -0.384. The van der Waals surface area contributed by atoms with Crippen LogP contribution in [0, 0.1) is 10.1 Å². The van der Waals surface area contributed by atoms with Gasteiger partial charge in [-0.15, -0.1) is 0 Å². The topological polar surface area (TPSA) is 63.5 Å². The van der Waals surface area contributed by atoms with Gasteiger partial charge in [0.1, 0.15) is 0 Å². The number of benzene rings is 1. The first-order valence-electron chi connectivity index (χ1n) is 7.19. The maximum Gasteiger partial charge on any atom is 0.270 e. The van der Waals surface area contributed by atoms with Gasteiger partial charge in [0, 0.05) is 30.3 Å². The van der Waals surface area contributed by atoms with Crippen LogP contribution >= 0.6 is 0 Å². The molecule has 1 fully saturated rings. The van der Waals surface area contributed by atoms with Gasteiger partial charge in [0.2, 0.25) is 0 Å². The fourth-order valence-electron chi connectivity index (χ4n) is 2.88. The highest BCUT2D eigenvalue weighted by molar-refractivity contribution is 5.95. The van der Waals surface area contributed by atoms with E-state index in [-0.39, 0.29) is 17.6 Å². The van der Waals surface area contributed by atoms with Crippen molar-refractivity contribution < 1.29 is 9.72 Å². The van der Waals surface area contributed by atoms with Gasteiger partial charge in [-0.2, -0.15) is 0 Å². The normalized spacial score (nSPS) is 15.8. The first-order chi connectivity index (χ1) is 9.63. The molecule has 5 nitrogen and oxygen atoms in total. The highest BCUT2D eigenvalue weighted by Gasteiger charge is 2.25. The minimum absolute atomic E-state index is 0.0319. The maximum atomic E-state index is 12.6. The molecule has 0 bridgehead atoms. The molecule has 0 unspecified atom stereocenters. The van der Waals surface area contributed by atoms with Gasteiger partial charge in [-0.3, -0.25) is 14.9 Å². The molecule has 0 aromatic heterocycles. The van der Waals surface area contributed by atoms with E-state index < -0.39 is 4.92 Å². The van der Waals surface area contributed by atoms with Gasteiger partial charge in [0.15, 0.2) is 0 Å². The molecular weight excluding hydrogens is 256 g/mol. The molecule has 1 aromatic rings. The minimum atomic E-state index is -0.465. The van der Waals surface area contributed by atoms with E-state index in [9.17, 15) is 14.9 Å². The largest absolute Gasteiger partial charge is 0.336 e. The Labute approximate surface area is 118 Å². The van der Waals surface area contributed by atoms with Crippen molar-refractivity contribution in [3.05, 3.63) is 39.9 Å². The van der Waals surface area contributed by atoms with Crippen molar-refractivity contribution in [1.82, 2.24) is 4.90 Å². The monoisotopic (exact) mass is 276 g/mol. The van der Waals surface area contributed by atoms with Crippen LogP contribution in [0.2, 0.25) is 0 Å². The molecule has 1 aliphatic rings. The zero-order valence-electron chi connectivity index (χ0n) is 11.7. The molecule has 108 valence electrons. The van der Waals surface area contributed by atoms with E-state index in [1.54, 1.807) is 12.1 Å². The highest BCUT2D eigenvalue weighted by atomic mass is 16.6. The minimum Gasteiger partial charge on any atom is -0.336 e. The van der Waals surface area contributed by atoms with Gasteiger partial charge < -0.3 is 4.90 Å². The maximum absolute atomic E-state index is 12.6. The molecule has 1 saturated carbocycles. The van der Waals surface area contributed by atoms with Crippen LogP contribution < -0.4 is 0 Å². The van der Waals surface area contributed by atoms with Crippen molar-refractivity contribution in [1.29, 1.82) is 0 Å². The van der Waals surface area contributed by atoms with Gasteiger partial charge in [0.25, 0.3) is 11.6 Å². The highest BCUT2D eigenvalue weighted by Crippen LogP contribution is 2.24. The molecule has 1 aromatic carbocycles. The Morgan fingerprint density at radius 3 is 2.65 bits per heavy atom. The number of non-ortho nitro benzene ring substituents is 1. The molecule has 20 heavy (non-hydrogen) atoms. The van der Waals surface area contributed by atoms with Gasteiger partial charge in [-0.25, -0.2) is 0 Å². The van der Waals surface area contributed by atoms with Crippen molar-refractivity contribution in [2.45, 2.75) is 45.1 Å². The molecule has 1 amide bonds. The van der Waals surface area contributed by atoms with Crippen LogP contribution in [0.4, 0.5) is 5.69 Å². The molecule has 0 atom stereocenters. The Bertz CT molecular complexity index is 496. The Balaban J connectivity index is 2.19. The van der Waals surface area contributed by atoms with Crippen molar-refractivity contribution in [2.75, 3.05) is 6.54 Å². The molecule has 0 saturated heterocycles. The summed E-state index contributed by atoms with van der Waals surface area (Å²) in [5, 5.41) is 10.8. The Hall–Kier alpha value is -1.91. The van der Waals surface area contributed by atoms with Gasteiger partial charge in [0.05, 0.1) is 4.92 Å². The number of amides is 1. The third-order valence-corrected chi connectivity index (χ3v) is 3.92. The zero-order valence-corrected chi connectivity index (χ0v) is 11.7. The number of hydrogen-bond acceptors (Lipinski definition) is 3. The first-order valence-corrected chi connectivity index (χ1v) is 7.19. The van der Waals surface area contributed by atoms with Crippen molar-refractivity contribution >= 4 is 11.6 Å². The van der Waals surface area contributed by atoms with Gasteiger partial charge >= 0.3 is 0 Å². The molecule has 0 radical (unpaired) electrons. The number of nitro groups is 1. The predicted octanol–water partition coefficient (Wildman–Crippen LogP) is 3.39. The number of rotatable bonds is 4. The molecule has 1 aliphatic carbocycles. The summed E-state index contributed by atoms with van der Waals surface area (Å²) in [7, 11) is 0. The third-order valence-electron chi connectivity index (χ3n) is 3.92. The summed E-state index contributed by atoms with van der Waals surface area (Å²) in [6, 6.07) is 6.28. The lowest BCUT2D eigenvalue weighted by atomic mass is 9.93. The molecule has 5 heteroatoms. The number of nitrogens with zero attached hydrogens (tertiary/aromatic N) is 2. The molecular formula is C15H20N2O3. The summed E-state index contributed by atoms with van der Waals surface area (Å²) in [6.45, 7) is 2.61. The number of nitro benzene ring substituents is 1. The lowest BCUT2D eigenvalue weighted by Gasteiger charge is -2.33. The van der Waals surface area contributed by atoms with Crippen LogP contribution in [-0.4, -0.2) is 28.3 Å². The summed E-state index contributed by atoms with van der Waals surface area (Å²) in [6.07, 6.45) is 5.62. The fraction of sp³-hybridized carbons (Fsp3) is 0.533. The average Bonchev–Trinajstić information content (AvgIpc) is 2.49. The first kappa shape index (κ1) is 14.5. The summed E-state index contributed by atoms with van der Waals surface area (Å²) < 4.78 is 0. The lowest BCUT2D eigenvalue weighted by Crippen LogP contribution is -2.41. The molecule has 0 heterocycles. The molecule has 0 N–H and O–H groups in total. The summed E-state index contributed by atoms with van der Waals surface area (Å²) >= 11 is 0. The molecule has 2 rings (SSSR count). The standard InChI is InChI=1S/C15H20N2O3/c1-2-16(13-8-4-3-5-9-13)15(18)12-7-6-10-14(11-12)17(19)20/h6-7,10-11,13H,2-5,8-9H2,1H3. The van der Waals surface area contributed by atoms with E-state index in [4.69, 9.17) is 0 Å². The number of carbonyl (C=O) groups is 1. The van der Waals surface area contributed by atoms with Crippen molar-refractivity contribution in [2.24, 2.45) is 0 Å². The zero-order chi connectivity index (χ0) is 14.5. The second-order valence-corrected chi connectivity index (χ2v) is 5.19. The van der Waals surface area contributed by atoms with Crippen LogP contribution in [-0.2, 0) is 0 Å². The fourth-order valence-corrected chi connectivity index (χ4v) is 2.88. The van der Waals surface area contributed by atoms with Gasteiger partial charge in [-0.05, 0) is 25.8 Å². The SMILES string of the molecule is CCN(C(=O)c1cccc([N+](=O)[O-])c1)C1CCCCC1. The molecule has 0 aliphatic heterocycles. The predicted molar refractivity (Wildman–Crippen MR) is 76.7 cm³/mol. The van der Waals surface area contributed by atoms with E-state index in [2.05, 4.69) is 0 Å². The number of carbonyl (C=O) groups excluding carboxylic acids is 1. The van der Waals surface area contributed by atoms with Crippen LogP contribution in [0.15, 0.2) is 24.3 Å². The third kappa shape index (κ3) is 3.15. The molecule has 0 spiro atoms. The van der Waals surface area contributed by atoms with Crippen molar-refractivity contribution in [3.8, 4) is 0 Å². The summed E-state index contributed by atoms with van der Waals surface area (Å²) in [5.41, 5.74) is 0.377. The van der Waals surface area contributed by atoms with Crippen LogP contribution in [0.5, 0.6) is 0 Å². The summed E-state index contributed by atoms with van der Waals surface area (Å²) in [4.78, 5) is 24.7. The van der Waals surface area contributed by atoms with Crippen molar-refractivity contribution in [3.63, 3.8) is 0 Å². The van der Waals surface area contributed by atoms with Crippen LogP contribution in [0.1, 0.15) is 49.4 Å². The van der Waals surface area contributed by atoms with Gasteiger partial charge in [-0.1, -0.05) is 25.3 Å².